The van der Waals surface area contributed by atoms with Gasteiger partial charge in [-0.15, -0.1) is 4.40 Å². The third-order valence-electron chi connectivity index (χ3n) is 6.35. The summed E-state index contributed by atoms with van der Waals surface area (Å²) >= 11 is 0. The van der Waals surface area contributed by atoms with Crippen LogP contribution in [0.3, 0.4) is 0 Å². The molecule has 3 aliphatic rings. The molecule has 31 heavy (non-hydrogen) atoms. The van der Waals surface area contributed by atoms with Crippen LogP contribution in [0.5, 0.6) is 5.75 Å². The molecular formula is C23H25N3O4S. The topological polar surface area (TPSA) is 79.3 Å². The van der Waals surface area contributed by atoms with Crippen molar-refractivity contribution in [2.45, 2.75) is 30.6 Å². The Labute approximate surface area is 182 Å². The van der Waals surface area contributed by atoms with Crippen molar-refractivity contribution in [3.63, 3.8) is 0 Å². The number of likely N-dealkylation sites (tertiary alicyclic amines) is 1. The number of amidine groups is 1. The number of hydrogen-bond acceptors (Lipinski definition) is 5. The fourth-order valence-electron chi connectivity index (χ4n) is 4.84. The van der Waals surface area contributed by atoms with Crippen LogP contribution in [0.4, 0.5) is 5.69 Å². The third kappa shape index (κ3) is 3.48. The highest BCUT2D eigenvalue weighted by Crippen LogP contribution is 2.34. The summed E-state index contributed by atoms with van der Waals surface area (Å²) in [5, 5.41) is 0. The van der Waals surface area contributed by atoms with Gasteiger partial charge in [0.1, 0.15) is 10.6 Å². The first-order chi connectivity index (χ1) is 15.0. The van der Waals surface area contributed by atoms with Gasteiger partial charge in [-0.2, -0.15) is 8.42 Å². The van der Waals surface area contributed by atoms with Crippen LogP contribution in [0.25, 0.3) is 0 Å². The van der Waals surface area contributed by atoms with E-state index in [1.54, 1.807) is 25.3 Å². The van der Waals surface area contributed by atoms with Gasteiger partial charge >= 0.3 is 0 Å². The quantitative estimate of drug-likeness (QED) is 0.719. The van der Waals surface area contributed by atoms with Gasteiger partial charge in [-0.3, -0.25) is 4.79 Å². The van der Waals surface area contributed by atoms with Crippen LogP contribution < -0.4 is 9.64 Å². The van der Waals surface area contributed by atoms with E-state index >= 15 is 0 Å². The number of carbonyl (C=O) groups is 1. The maximum Gasteiger partial charge on any atom is 0.285 e. The van der Waals surface area contributed by atoms with Crippen LogP contribution in [0, 0.1) is 5.92 Å². The molecule has 7 nitrogen and oxygen atoms in total. The number of fused-ring (bicyclic) bond motifs is 2. The molecule has 3 aliphatic heterocycles. The lowest BCUT2D eigenvalue weighted by atomic mass is 9.93. The Balaban J connectivity index is 1.39. The molecule has 1 fully saturated rings. The van der Waals surface area contributed by atoms with Gasteiger partial charge in [0.15, 0.2) is 5.84 Å². The maximum absolute atomic E-state index is 13.5. The zero-order valence-corrected chi connectivity index (χ0v) is 18.3. The van der Waals surface area contributed by atoms with Crippen LogP contribution in [0.15, 0.2) is 51.8 Å². The van der Waals surface area contributed by atoms with Gasteiger partial charge < -0.3 is 14.5 Å². The van der Waals surface area contributed by atoms with Crippen molar-refractivity contribution in [3.8, 4) is 5.75 Å². The molecule has 0 aromatic heterocycles. The summed E-state index contributed by atoms with van der Waals surface area (Å²) < 4.78 is 34.3. The van der Waals surface area contributed by atoms with Gasteiger partial charge in [-0.1, -0.05) is 12.1 Å². The first-order valence-electron chi connectivity index (χ1n) is 10.7. The number of nitrogens with zero attached hydrogens (tertiary/aromatic N) is 3. The minimum Gasteiger partial charge on any atom is -0.497 e. The van der Waals surface area contributed by atoms with Crippen molar-refractivity contribution in [2.24, 2.45) is 10.3 Å². The number of carbonyl (C=O) groups excluding carboxylic acids is 1. The zero-order chi connectivity index (χ0) is 21.6. The van der Waals surface area contributed by atoms with Crippen LogP contribution >= 0.6 is 0 Å². The lowest BCUT2D eigenvalue weighted by Gasteiger charge is -2.37. The van der Waals surface area contributed by atoms with Crippen LogP contribution in [-0.4, -0.2) is 51.8 Å². The van der Waals surface area contributed by atoms with E-state index in [-0.39, 0.29) is 16.7 Å². The summed E-state index contributed by atoms with van der Waals surface area (Å²) in [6.07, 6.45) is 3.46. The molecule has 162 valence electrons. The lowest BCUT2D eigenvalue weighted by Crippen LogP contribution is -2.48. The van der Waals surface area contributed by atoms with Gasteiger partial charge in [0.25, 0.3) is 10.0 Å². The molecule has 0 N–H and O–H groups in total. The predicted molar refractivity (Wildman–Crippen MR) is 118 cm³/mol. The molecule has 3 heterocycles. The average Bonchev–Trinajstić information content (AvgIpc) is 3.09. The number of ether oxygens (including phenoxy) is 1. The second-order valence-electron chi connectivity index (χ2n) is 8.26. The lowest BCUT2D eigenvalue weighted by molar-refractivity contribution is -0.123. The molecule has 0 saturated carbocycles. The Bertz CT molecular complexity index is 1180. The Morgan fingerprint density at radius 1 is 1.13 bits per heavy atom. The molecule has 1 amide bonds. The maximum atomic E-state index is 13.5. The summed E-state index contributed by atoms with van der Waals surface area (Å²) in [4.78, 5) is 17.6. The van der Waals surface area contributed by atoms with Crippen molar-refractivity contribution < 1.29 is 17.9 Å². The normalized spacial score (nSPS) is 21.8. The molecule has 1 saturated heterocycles. The molecular weight excluding hydrogens is 414 g/mol. The van der Waals surface area contributed by atoms with Crippen molar-refractivity contribution in [3.05, 3.63) is 53.6 Å². The molecule has 0 aliphatic carbocycles. The van der Waals surface area contributed by atoms with Gasteiger partial charge in [0, 0.05) is 30.9 Å². The summed E-state index contributed by atoms with van der Waals surface area (Å²) in [5.41, 5.74) is 2.72. The van der Waals surface area contributed by atoms with E-state index in [0.717, 1.165) is 42.7 Å². The number of hydrogen-bond donors (Lipinski definition) is 0. The minimum atomic E-state index is -3.67. The van der Waals surface area contributed by atoms with Crippen LogP contribution in [0.2, 0.25) is 0 Å². The molecule has 0 radical (unpaired) electrons. The number of piperidine rings is 1. The second-order valence-corrected chi connectivity index (χ2v) is 9.83. The fourth-order valence-corrected chi connectivity index (χ4v) is 6.07. The summed E-state index contributed by atoms with van der Waals surface area (Å²) in [5.74, 6) is 1.18. The predicted octanol–water partition coefficient (Wildman–Crippen LogP) is 2.84. The largest absolute Gasteiger partial charge is 0.497 e. The van der Waals surface area contributed by atoms with E-state index in [1.807, 2.05) is 34.1 Å². The van der Waals surface area contributed by atoms with E-state index in [9.17, 15) is 13.2 Å². The number of anilines is 1. The first-order valence-corrected chi connectivity index (χ1v) is 12.1. The van der Waals surface area contributed by atoms with Crippen LogP contribution in [-0.2, 0) is 21.2 Å². The van der Waals surface area contributed by atoms with Crippen molar-refractivity contribution in [1.82, 2.24) is 4.90 Å². The van der Waals surface area contributed by atoms with Crippen molar-refractivity contribution >= 4 is 27.5 Å². The van der Waals surface area contributed by atoms with Crippen molar-refractivity contribution in [2.75, 3.05) is 31.6 Å². The summed E-state index contributed by atoms with van der Waals surface area (Å²) in [6.45, 7) is 1.87. The highest BCUT2D eigenvalue weighted by Gasteiger charge is 2.37. The number of aryl methyl sites for hydroxylation is 1. The first kappa shape index (κ1) is 20.1. The van der Waals surface area contributed by atoms with E-state index in [1.165, 1.54) is 0 Å². The molecule has 0 bridgehead atoms. The molecule has 8 heteroatoms. The molecule has 1 atom stereocenters. The number of sulfonamides is 1. The van der Waals surface area contributed by atoms with Gasteiger partial charge in [0.05, 0.1) is 13.0 Å². The minimum absolute atomic E-state index is 0.102. The molecule has 2 aromatic carbocycles. The standard InChI is InChI=1S/C23H25N3O4S/c1-30-18-10-11-20-16(14-18)6-5-13-26(20)23(27)17-7-4-12-25(15-17)22-19-8-2-3-9-21(19)31(28,29)24-22/h2-3,8-11,14,17H,4-7,12-13,15H2,1H3/t17-/m1/s1. The average molecular weight is 440 g/mol. The number of rotatable bonds is 2. The number of benzene rings is 2. The Morgan fingerprint density at radius 3 is 2.81 bits per heavy atom. The number of methoxy groups -OCH3 is 1. The Hall–Kier alpha value is -2.87. The molecule has 5 rings (SSSR count). The summed E-state index contributed by atoms with van der Waals surface area (Å²) in [7, 11) is -2.02. The highest BCUT2D eigenvalue weighted by molar-refractivity contribution is 7.90. The molecule has 2 aromatic rings. The van der Waals surface area contributed by atoms with E-state index in [4.69, 9.17) is 4.74 Å². The van der Waals surface area contributed by atoms with Gasteiger partial charge in [0.2, 0.25) is 5.91 Å². The van der Waals surface area contributed by atoms with E-state index < -0.39 is 10.0 Å². The third-order valence-corrected chi connectivity index (χ3v) is 7.68. The SMILES string of the molecule is COc1ccc2c(c1)CCCN2C(=O)[C@@H]1CCCN(C2=NS(=O)(=O)c3ccccc32)C1. The fraction of sp³-hybridized carbons (Fsp3) is 0.391. The highest BCUT2D eigenvalue weighted by atomic mass is 32.2. The molecule has 0 spiro atoms. The van der Waals surface area contributed by atoms with E-state index in [0.29, 0.717) is 31.0 Å². The monoisotopic (exact) mass is 439 g/mol. The number of amides is 1. The van der Waals surface area contributed by atoms with Gasteiger partial charge in [-0.05, 0) is 61.6 Å². The zero-order valence-electron chi connectivity index (χ0n) is 17.5. The molecule has 0 unspecified atom stereocenters. The second kappa shape index (κ2) is 7.67. The Kier molecular flexibility index (Phi) is 4.97. The van der Waals surface area contributed by atoms with Crippen LogP contribution in [0.1, 0.15) is 30.4 Å². The smallest absolute Gasteiger partial charge is 0.285 e. The van der Waals surface area contributed by atoms with E-state index in [2.05, 4.69) is 4.40 Å². The summed E-state index contributed by atoms with van der Waals surface area (Å²) in [6, 6.07) is 12.8. The van der Waals surface area contributed by atoms with Gasteiger partial charge in [-0.25, -0.2) is 0 Å². The Morgan fingerprint density at radius 2 is 1.97 bits per heavy atom. The van der Waals surface area contributed by atoms with Crippen molar-refractivity contribution in [1.29, 1.82) is 0 Å².